The van der Waals surface area contributed by atoms with Crippen LogP contribution in [-0.2, 0) is 14.8 Å². The van der Waals surface area contributed by atoms with E-state index in [-0.39, 0.29) is 10.9 Å². The summed E-state index contributed by atoms with van der Waals surface area (Å²) in [6, 6.07) is 6.38. The number of benzene rings is 1. The first-order valence-corrected chi connectivity index (χ1v) is 7.45. The van der Waals surface area contributed by atoms with Crippen LogP contribution in [0.1, 0.15) is 18.9 Å². The highest BCUT2D eigenvalue weighted by atomic mass is 32.2. The summed E-state index contributed by atoms with van der Waals surface area (Å²) in [5, 5.41) is 0. The normalized spacial score (nSPS) is 12.6. The Hall–Kier alpha value is -1.35. The molecule has 104 valence electrons. The van der Waals surface area contributed by atoms with Crippen LogP contribution in [0.4, 0.5) is 0 Å². The van der Waals surface area contributed by atoms with E-state index in [1.54, 1.807) is 31.2 Å². The number of nitrogens with one attached hydrogen (secondary N) is 1. The number of ether oxygens (including phenoxy) is 1. The number of sulfonamides is 1. The fourth-order valence-electron chi connectivity index (χ4n) is 1.57. The zero-order chi connectivity index (χ0) is 14.3. The lowest BCUT2D eigenvalue weighted by atomic mass is 10.2. The molecule has 0 amide bonds. The van der Waals surface area contributed by atoms with Crippen molar-refractivity contribution < 1.29 is 13.2 Å². The second-order valence-electron chi connectivity index (χ2n) is 4.22. The van der Waals surface area contributed by atoms with E-state index in [1.165, 1.54) is 7.11 Å². The number of methoxy groups -OCH3 is 1. The summed E-state index contributed by atoms with van der Waals surface area (Å²) in [7, 11) is -1.99. The molecule has 0 aliphatic carbocycles. The van der Waals surface area contributed by atoms with Gasteiger partial charge in [0.15, 0.2) is 0 Å². The molecule has 1 aromatic rings. The highest BCUT2D eigenvalue weighted by Gasteiger charge is 2.19. The van der Waals surface area contributed by atoms with E-state index in [0.29, 0.717) is 13.0 Å². The van der Waals surface area contributed by atoms with E-state index in [2.05, 4.69) is 16.6 Å². The molecule has 0 fully saturated rings. The van der Waals surface area contributed by atoms with Crippen LogP contribution in [-0.4, -0.2) is 28.2 Å². The Kier molecular flexibility index (Phi) is 6.03. The lowest BCUT2D eigenvalue weighted by molar-refractivity contribution is 0.176. The molecule has 0 aliphatic heterocycles. The van der Waals surface area contributed by atoms with Crippen molar-refractivity contribution in [2.75, 3.05) is 13.7 Å². The van der Waals surface area contributed by atoms with Crippen LogP contribution in [0.3, 0.4) is 0 Å². The van der Waals surface area contributed by atoms with E-state index in [0.717, 1.165) is 5.56 Å². The van der Waals surface area contributed by atoms with Crippen molar-refractivity contribution in [3.63, 3.8) is 0 Å². The predicted octanol–water partition coefficient (Wildman–Crippen LogP) is 1.70. The molecule has 1 aromatic carbocycles. The lowest BCUT2D eigenvalue weighted by Crippen LogP contribution is -2.37. The second-order valence-corrected chi connectivity index (χ2v) is 5.93. The Bertz CT molecular complexity index is 553. The Morgan fingerprint density at radius 1 is 1.32 bits per heavy atom. The molecule has 0 saturated heterocycles. The summed E-state index contributed by atoms with van der Waals surface area (Å²) < 4.78 is 32.0. The second kappa shape index (κ2) is 7.29. The molecule has 1 atom stereocenters. The molecule has 0 heterocycles. The van der Waals surface area contributed by atoms with Crippen LogP contribution in [0, 0.1) is 18.8 Å². The van der Waals surface area contributed by atoms with E-state index in [1.807, 2.05) is 6.92 Å². The average Bonchev–Trinajstić information content (AvgIpc) is 2.36. The van der Waals surface area contributed by atoms with Crippen LogP contribution in [0.15, 0.2) is 29.2 Å². The van der Waals surface area contributed by atoms with Crippen LogP contribution in [0.25, 0.3) is 0 Å². The first-order valence-electron chi connectivity index (χ1n) is 5.97. The standard InChI is InChI=1S/C14H19NO3S/c1-4-5-6-13(11-18-3)15-19(16,17)14-9-7-12(2)8-10-14/h7-10,13,15H,6,11H2,1-3H3. The monoisotopic (exact) mass is 281 g/mol. The first-order chi connectivity index (χ1) is 8.99. The maximum atomic E-state index is 12.2. The number of hydrogen-bond donors (Lipinski definition) is 1. The molecule has 4 nitrogen and oxygen atoms in total. The van der Waals surface area contributed by atoms with Gasteiger partial charge in [0, 0.05) is 13.5 Å². The zero-order valence-electron chi connectivity index (χ0n) is 11.4. The average molecular weight is 281 g/mol. The van der Waals surface area contributed by atoms with Gasteiger partial charge in [-0.25, -0.2) is 13.1 Å². The minimum Gasteiger partial charge on any atom is -0.383 e. The Morgan fingerprint density at radius 2 is 1.95 bits per heavy atom. The van der Waals surface area contributed by atoms with Gasteiger partial charge in [-0.15, -0.1) is 11.8 Å². The minimum absolute atomic E-state index is 0.253. The molecule has 19 heavy (non-hydrogen) atoms. The van der Waals surface area contributed by atoms with Gasteiger partial charge in [0.05, 0.1) is 17.5 Å². The van der Waals surface area contributed by atoms with Crippen molar-refractivity contribution in [3.8, 4) is 11.8 Å². The number of hydrogen-bond acceptors (Lipinski definition) is 3. The molecule has 5 heteroatoms. The molecular weight excluding hydrogens is 262 g/mol. The van der Waals surface area contributed by atoms with Crippen LogP contribution in [0.5, 0.6) is 0 Å². The number of aryl methyl sites for hydroxylation is 1. The summed E-state index contributed by atoms with van der Waals surface area (Å²) in [4.78, 5) is 0.253. The summed E-state index contributed by atoms with van der Waals surface area (Å²) in [6.07, 6.45) is 0.426. The molecule has 0 bridgehead atoms. The summed E-state index contributed by atoms with van der Waals surface area (Å²) >= 11 is 0. The van der Waals surface area contributed by atoms with Gasteiger partial charge in [0.2, 0.25) is 10.0 Å². The molecule has 0 radical (unpaired) electrons. The largest absolute Gasteiger partial charge is 0.383 e. The van der Waals surface area contributed by atoms with Crippen molar-refractivity contribution >= 4 is 10.0 Å². The summed E-state index contributed by atoms with van der Waals surface area (Å²) in [6.45, 7) is 3.92. The molecule has 0 aromatic heterocycles. The van der Waals surface area contributed by atoms with E-state index in [9.17, 15) is 8.42 Å². The van der Waals surface area contributed by atoms with Crippen molar-refractivity contribution in [1.29, 1.82) is 0 Å². The highest BCUT2D eigenvalue weighted by Crippen LogP contribution is 2.11. The van der Waals surface area contributed by atoms with Gasteiger partial charge < -0.3 is 4.74 Å². The Morgan fingerprint density at radius 3 is 2.47 bits per heavy atom. The van der Waals surface area contributed by atoms with E-state index in [4.69, 9.17) is 4.74 Å². The quantitative estimate of drug-likeness (QED) is 0.808. The maximum Gasteiger partial charge on any atom is 0.240 e. The van der Waals surface area contributed by atoms with E-state index >= 15 is 0 Å². The first kappa shape index (κ1) is 15.7. The van der Waals surface area contributed by atoms with Crippen molar-refractivity contribution in [2.24, 2.45) is 0 Å². The molecule has 0 spiro atoms. The van der Waals surface area contributed by atoms with Crippen LogP contribution in [0.2, 0.25) is 0 Å². The maximum absolute atomic E-state index is 12.2. The predicted molar refractivity (Wildman–Crippen MR) is 75.2 cm³/mol. The fraction of sp³-hybridized carbons (Fsp3) is 0.429. The summed E-state index contributed by atoms with van der Waals surface area (Å²) in [5.41, 5.74) is 1.02. The zero-order valence-corrected chi connectivity index (χ0v) is 12.3. The third-order valence-corrected chi connectivity index (χ3v) is 4.08. The topological polar surface area (TPSA) is 55.4 Å². The van der Waals surface area contributed by atoms with Crippen LogP contribution < -0.4 is 4.72 Å². The highest BCUT2D eigenvalue weighted by molar-refractivity contribution is 7.89. The molecular formula is C14H19NO3S. The van der Waals surface area contributed by atoms with Gasteiger partial charge in [-0.3, -0.25) is 0 Å². The molecule has 1 unspecified atom stereocenters. The Labute approximate surface area is 115 Å². The molecule has 1 rings (SSSR count). The van der Waals surface area contributed by atoms with Crippen molar-refractivity contribution in [3.05, 3.63) is 29.8 Å². The third-order valence-electron chi connectivity index (χ3n) is 2.55. The van der Waals surface area contributed by atoms with Gasteiger partial charge in [0.1, 0.15) is 0 Å². The molecule has 0 aliphatic rings. The molecule has 1 N–H and O–H groups in total. The van der Waals surface area contributed by atoms with Crippen molar-refractivity contribution in [2.45, 2.75) is 31.2 Å². The van der Waals surface area contributed by atoms with Gasteiger partial charge >= 0.3 is 0 Å². The smallest absolute Gasteiger partial charge is 0.240 e. The summed E-state index contributed by atoms with van der Waals surface area (Å²) in [5.74, 6) is 5.61. The minimum atomic E-state index is -3.53. The molecule has 0 saturated carbocycles. The third kappa shape index (κ3) is 5.03. The van der Waals surface area contributed by atoms with Gasteiger partial charge in [-0.05, 0) is 26.0 Å². The van der Waals surface area contributed by atoms with Gasteiger partial charge in [-0.1, -0.05) is 17.7 Å². The van der Waals surface area contributed by atoms with Crippen molar-refractivity contribution in [1.82, 2.24) is 4.72 Å². The SMILES string of the molecule is CC#CCC(COC)NS(=O)(=O)c1ccc(C)cc1. The van der Waals surface area contributed by atoms with Crippen LogP contribution >= 0.6 is 0 Å². The Balaban J connectivity index is 2.85. The van der Waals surface area contributed by atoms with Gasteiger partial charge in [0.25, 0.3) is 0 Å². The fourth-order valence-corrected chi connectivity index (χ4v) is 2.79. The lowest BCUT2D eigenvalue weighted by Gasteiger charge is -2.15. The van der Waals surface area contributed by atoms with Gasteiger partial charge in [-0.2, -0.15) is 0 Å². The number of rotatable bonds is 6. The van der Waals surface area contributed by atoms with E-state index < -0.39 is 10.0 Å².